The summed E-state index contributed by atoms with van der Waals surface area (Å²) in [6.07, 6.45) is 2.92. The van der Waals surface area contributed by atoms with Gasteiger partial charge in [0, 0.05) is 11.9 Å². The molecule has 0 atom stereocenters. The highest BCUT2D eigenvalue weighted by Crippen LogP contribution is 2.26. The van der Waals surface area contributed by atoms with Crippen LogP contribution in [0.2, 0.25) is 0 Å². The average Bonchev–Trinajstić information content (AvgIpc) is 2.93. The number of sulfonamides is 2. The van der Waals surface area contributed by atoms with Crippen LogP contribution < -0.4 is 14.3 Å². The Kier molecular flexibility index (Phi) is 8.32. The molecule has 0 fully saturated rings. The smallest absolute Gasteiger partial charge is 0.264 e. The quantitative estimate of drug-likeness (QED) is 0.284. The van der Waals surface area contributed by atoms with Gasteiger partial charge in [-0.1, -0.05) is 44.2 Å². The van der Waals surface area contributed by atoms with E-state index in [1.54, 1.807) is 42.5 Å². The largest absolute Gasteiger partial charge is 0.325 e. The minimum atomic E-state index is -4.05. The number of amides is 1. The van der Waals surface area contributed by atoms with Crippen molar-refractivity contribution in [3.05, 3.63) is 109 Å². The Morgan fingerprint density at radius 2 is 1.46 bits per heavy atom. The molecule has 1 aromatic heterocycles. The first-order valence-corrected chi connectivity index (χ1v) is 15.0. The minimum Gasteiger partial charge on any atom is -0.325 e. The second-order valence-corrected chi connectivity index (χ2v) is 12.5. The molecular weight excluding hydrogens is 536 g/mol. The molecule has 0 unspecified atom stereocenters. The summed E-state index contributed by atoms with van der Waals surface area (Å²) in [5, 5.41) is 2.65. The van der Waals surface area contributed by atoms with Crippen LogP contribution in [0.3, 0.4) is 0 Å². The van der Waals surface area contributed by atoms with E-state index in [2.05, 4.69) is 15.0 Å². The number of hydrogen-bond donors (Lipinski definition) is 2. The number of nitrogens with zero attached hydrogens (tertiary/aromatic N) is 2. The lowest BCUT2D eigenvalue weighted by Crippen LogP contribution is -2.38. The number of benzene rings is 3. The maximum atomic E-state index is 13.5. The molecule has 4 rings (SSSR count). The van der Waals surface area contributed by atoms with E-state index < -0.39 is 32.5 Å². The Hall–Kier alpha value is -4.22. The predicted octanol–water partition coefficient (Wildman–Crippen LogP) is 4.84. The number of nitrogens with one attached hydrogen (secondary N) is 2. The maximum absolute atomic E-state index is 13.5. The molecule has 2 N–H and O–H groups in total. The highest BCUT2D eigenvalue weighted by atomic mass is 32.2. The summed E-state index contributed by atoms with van der Waals surface area (Å²) in [5.74, 6) is -0.334. The SMILES string of the molecule is CC(C)c1ccc(N(CC(=O)Nc2ccc(S(=O)(=O)Nc3cccnc3)cc2)S(=O)(=O)c2ccccc2)cc1. The number of rotatable bonds is 10. The summed E-state index contributed by atoms with van der Waals surface area (Å²) in [6.45, 7) is 3.58. The maximum Gasteiger partial charge on any atom is 0.264 e. The van der Waals surface area contributed by atoms with E-state index in [1.165, 1.54) is 48.8 Å². The molecule has 0 saturated carbocycles. The van der Waals surface area contributed by atoms with E-state index >= 15 is 0 Å². The van der Waals surface area contributed by atoms with Crippen LogP contribution in [0.1, 0.15) is 25.3 Å². The number of anilines is 3. The number of carbonyl (C=O) groups is 1. The van der Waals surface area contributed by atoms with Crippen molar-refractivity contribution in [2.24, 2.45) is 0 Å². The third-order valence-corrected chi connectivity index (χ3v) is 9.01. The first kappa shape index (κ1) is 27.8. The third-order valence-electron chi connectivity index (χ3n) is 5.83. The zero-order valence-corrected chi connectivity index (χ0v) is 23.0. The van der Waals surface area contributed by atoms with Crippen LogP contribution in [0, 0.1) is 0 Å². The van der Waals surface area contributed by atoms with Gasteiger partial charge in [0.05, 0.1) is 27.4 Å². The second kappa shape index (κ2) is 11.7. The molecule has 1 amide bonds. The molecule has 202 valence electrons. The van der Waals surface area contributed by atoms with Gasteiger partial charge in [0.1, 0.15) is 6.54 Å². The molecule has 0 aliphatic carbocycles. The second-order valence-electron chi connectivity index (χ2n) is 8.99. The fraction of sp³-hybridized carbons (Fsp3) is 0.143. The monoisotopic (exact) mass is 564 g/mol. The van der Waals surface area contributed by atoms with Crippen LogP contribution in [-0.4, -0.2) is 34.3 Å². The number of carbonyl (C=O) groups excluding carboxylic acids is 1. The highest BCUT2D eigenvalue weighted by molar-refractivity contribution is 7.93. The fourth-order valence-corrected chi connectivity index (χ4v) is 6.23. The van der Waals surface area contributed by atoms with Gasteiger partial charge in [-0.2, -0.15) is 0 Å². The summed E-state index contributed by atoms with van der Waals surface area (Å²) < 4.78 is 55.8. The lowest BCUT2D eigenvalue weighted by Gasteiger charge is -2.24. The number of pyridine rings is 1. The normalized spacial score (nSPS) is 11.7. The van der Waals surface area contributed by atoms with Crippen LogP contribution in [0.25, 0.3) is 0 Å². The molecule has 3 aromatic carbocycles. The van der Waals surface area contributed by atoms with Gasteiger partial charge in [-0.3, -0.25) is 18.8 Å². The van der Waals surface area contributed by atoms with E-state index in [0.717, 1.165) is 9.87 Å². The number of hydrogen-bond acceptors (Lipinski definition) is 6. The van der Waals surface area contributed by atoms with Crippen molar-refractivity contribution in [3.8, 4) is 0 Å². The molecule has 11 heteroatoms. The average molecular weight is 565 g/mol. The third kappa shape index (κ3) is 6.81. The molecule has 0 radical (unpaired) electrons. The van der Waals surface area contributed by atoms with Crippen LogP contribution in [-0.2, 0) is 24.8 Å². The van der Waals surface area contributed by atoms with Crippen molar-refractivity contribution in [1.82, 2.24) is 4.98 Å². The van der Waals surface area contributed by atoms with Gasteiger partial charge >= 0.3 is 0 Å². The lowest BCUT2D eigenvalue weighted by molar-refractivity contribution is -0.114. The highest BCUT2D eigenvalue weighted by Gasteiger charge is 2.27. The molecule has 0 saturated heterocycles. The van der Waals surface area contributed by atoms with Crippen molar-refractivity contribution < 1.29 is 21.6 Å². The molecule has 0 spiro atoms. The van der Waals surface area contributed by atoms with Crippen molar-refractivity contribution in [2.45, 2.75) is 29.6 Å². The molecule has 9 nitrogen and oxygen atoms in total. The molecular formula is C28H28N4O5S2. The Morgan fingerprint density at radius 1 is 0.795 bits per heavy atom. The van der Waals surface area contributed by atoms with Crippen molar-refractivity contribution in [1.29, 1.82) is 0 Å². The summed E-state index contributed by atoms with van der Waals surface area (Å²) in [4.78, 5) is 16.9. The van der Waals surface area contributed by atoms with Gasteiger partial charge in [-0.05, 0) is 72.1 Å². The fourth-order valence-electron chi connectivity index (χ4n) is 3.75. The van der Waals surface area contributed by atoms with Gasteiger partial charge < -0.3 is 5.32 Å². The van der Waals surface area contributed by atoms with Crippen molar-refractivity contribution in [2.75, 3.05) is 20.9 Å². The van der Waals surface area contributed by atoms with Gasteiger partial charge in [0.2, 0.25) is 5.91 Å². The van der Waals surface area contributed by atoms with E-state index in [-0.39, 0.29) is 15.7 Å². The van der Waals surface area contributed by atoms with Crippen LogP contribution in [0.4, 0.5) is 17.1 Å². The first-order chi connectivity index (χ1) is 18.6. The molecule has 1 heterocycles. The van der Waals surface area contributed by atoms with Crippen LogP contribution in [0.5, 0.6) is 0 Å². The Morgan fingerprint density at radius 3 is 2.05 bits per heavy atom. The van der Waals surface area contributed by atoms with Gasteiger partial charge in [0.25, 0.3) is 20.0 Å². The van der Waals surface area contributed by atoms with Crippen molar-refractivity contribution in [3.63, 3.8) is 0 Å². The van der Waals surface area contributed by atoms with E-state index in [0.29, 0.717) is 17.1 Å². The minimum absolute atomic E-state index is 0.0112. The Labute approximate surface area is 228 Å². The Bertz CT molecular complexity index is 1630. The van der Waals surface area contributed by atoms with Gasteiger partial charge in [0.15, 0.2) is 0 Å². The van der Waals surface area contributed by atoms with E-state index in [4.69, 9.17) is 0 Å². The van der Waals surface area contributed by atoms with Crippen molar-refractivity contribution >= 4 is 43.0 Å². The summed E-state index contributed by atoms with van der Waals surface area (Å²) >= 11 is 0. The standard InChI is InChI=1S/C28H28N4O5S2/c1-21(2)22-10-14-25(15-11-22)32(39(36,37)27-8-4-3-5-9-27)20-28(33)30-23-12-16-26(17-13-23)38(34,35)31-24-7-6-18-29-19-24/h3-19,21,31H,20H2,1-2H3,(H,30,33). The first-order valence-electron chi connectivity index (χ1n) is 12.1. The van der Waals surface area contributed by atoms with E-state index in [1.807, 2.05) is 26.0 Å². The van der Waals surface area contributed by atoms with Gasteiger partial charge in [-0.15, -0.1) is 0 Å². The van der Waals surface area contributed by atoms with Gasteiger partial charge in [-0.25, -0.2) is 16.8 Å². The van der Waals surface area contributed by atoms with E-state index in [9.17, 15) is 21.6 Å². The molecule has 4 aromatic rings. The topological polar surface area (TPSA) is 126 Å². The molecule has 0 aliphatic rings. The lowest BCUT2D eigenvalue weighted by atomic mass is 10.0. The summed E-state index contributed by atoms with van der Waals surface area (Å²) in [6, 6.07) is 23.7. The summed E-state index contributed by atoms with van der Waals surface area (Å²) in [5.41, 5.74) is 2.01. The van der Waals surface area contributed by atoms with Crippen LogP contribution in [0.15, 0.2) is 113 Å². The predicted molar refractivity (Wildman–Crippen MR) is 152 cm³/mol. The number of aromatic nitrogens is 1. The zero-order valence-electron chi connectivity index (χ0n) is 21.4. The summed E-state index contributed by atoms with van der Waals surface area (Å²) in [7, 11) is -7.91. The molecule has 0 bridgehead atoms. The molecule has 39 heavy (non-hydrogen) atoms. The molecule has 0 aliphatic heterocycles. The zero-order chi connectivity index (χ0) is 28.0. The van der Waals surface area contributed by atoms with Crippen LogP contribution >= 0.6 is 0 Å². The Balaban J connectivity index is 1.54.